The highest BCUT2D eigenvalue weighted by atomic mass is 16.4. The molecule has 0 aliphatic rings. The summed E-state index contributed by atoms with van der Waals surface area (Å²) in [4.78, 5) is 10.2. The van der Waals surface area contributed by atoms with E-state index in [4.69, 9.17) is 10.8 Å². The summed E-state index contributed by atoms with van der Waals surface area (Å²) in [6.45, 7) is 3.93. The minimum absolute atomic E-state index is 0.157. The topological polar surface area (TPSA) is 63.3 Å². The molecule has 0 heterocycles. The lowest BCUT2D eigenvalue weighted by Gasteiger charge is -2.13. The van der Waals surface area contributed by atoms with Crippen LogP contribution in [0.4, 0.5) is 0 Å². The Balaban J connectivity index is 3.51. The van der Waals surface area contributed by atoms with E-state index in [-0.39, 0.29) is 18.4 Å². The second-order valence-electron chi connectivity index (χ2n) is 3.11. The highest BCUT2D eigenvalue weighted by molar-refractivity contribution is 5.66. The van der Waals surface area contributed by atoms with E-state index in [0.717, 1.165) is 12.8 Å². The van der Waals surface area contributed by atoms with Crippen molar-refractivity contribution in [2.24, 2.45) is 11.7 Å². The largest absolute Gasteiger partial charge is 0.481 e. The fraction of sp³-hybridized carbons (Fsp3) is 0.875. The average molecular weight is 159 g/mol. The van der Waals surface area contributed by atoms with Crippen molar-refractivity contribution in [3.05, 3.63) is 0 Å². The number of carboxylic acid groups (broad SMARTS) is 1. The van der Waals surface area contributed by atoms with Crippen LogP contribution < -0.4 is 5.73 Å². The van der Waals surface area contributed by atoms with E-state index >= 15 is 0 Å². The second-order valence-corrected chi connectivity index (χ2v) is 3.11. The Hall–Kier alpha value is -0.570. The molecule has 3 N–H and O–H groups in total. The molecule has 3 heteroatoms. The van der Waals surface area contributed by atoms with E-state index in [2.05, 4.69) is 0 Å². The van der Waals surface area contributed by atoms with Crippen LogP contribution in [0.2, 0.25) is 0 Å². The maximum Gasteiger partial charge on any atom is 0.303 e. The van der Waals surface area contributed by atoms with Crippen LogP contribution >= 0.6 is 0 Å². The van der Waals surface area contributed by atoms with Crippen molar-refractivity contribution in [3.63, 3.8) is 0 Å². The molecule has 0 unspecified atom stereocenters. The Kier molecular flexibility index (Phi) is 4.86. The lowest BCUT2D eigenvalue weighted by molar-refractivity contribution is -0.138. The van der Waals surface area contributed by atoms with Gasteiger partial charge in [-0.15, -0.1) is 0 Å². The maximum absolute atomic E-state index is 10.2. The minimum atomic E-state index is -0.735. The summed E-state index contributed by atoms with van der Waals surface area (Å²) in [6.07, 6.45) is 1.96. The summed E-state index contributed by atoms with van der Waals surface area (Å²) in [6, 6.07) is 0.157. The van der Waals surface area contributed by atoms with Gasteiger partial charge in [0.05, 0.1) is 0 Å². The molecule has 0 saturated heterocycles. The Labute approximate surface area is 67.6 Å². The molecule has 0 saturated carbocycles. The molecule has 0 aromatic heterocycles. The standard InChI is InChI=1S/C8H17NO2/c1-3-7(9)4-6(2)5-8(10)11/h6-7H,3-5,9H2,1-2H3,(H,10,11)/t6-,7-/m0/s1. The first kappa shape index (κ1) is 10.4. The van der Waals surface area contributed by atoms with Crippen molar-refractivity contribution >= 4 is 5.97 Å². The molecule has 0 aliphatic carbocycles. The zero-order chi connectivity index (χ0) is 8.85. The van der Waals surface area contributed by atoms with E-state index in [1.54, 1.807) is 0 Å². The van der Waals surface area contributed by atoms with Crippen LogP contribution in [0.3, 0.4) is 0 Å². The van der Waals surface area contributed by atoms with Gasteiger partial charge in [-0.3, -0.25) is 4.79 Å². The first-order valence-corrected chi connectivity index (χ1v) is 4.03. The molecule has 0 aliphatic heterocycles. The summed E-state index contributed by atoms with van der Waals surface area (Å²) in [5, 5.41) is 8.43. The van der Waals surface area contributed by atoms with Crippen LogP contribution in [0.5, 0.6) is 0 Å². The highest BCUT2D eigenvalue weighted by Crippen LogP contribution is 2.10. The number of aliphatic carboxylic acids is 1. The molecule has 0 spiro atoms. The Morgan fingerprint density at radius 1 is 1.64 bits per heavy atom. The third-order valence-electron chi connectivity index (χ3n) is 1.75. The number of hydrogen-bond donors (Lipinski definition) is 2. The van der Waals surface area contributed by atoms with Gasteiger partial charge >= 0.3 is 5.97 Å². The molecule has 11 heavy (non-hydrogen) atoms. The van der Waals surface area contributed by atoms with Gasteiger partial charge in [0.2, 0.25) is 0 Å². The van der Waals surface area contributed by atoms with Crippen molar-refractivity contribution in [1.82, 2.24) is 0 Å². The van der Waals surface area contributed by atoms with E-state index in [1.165, 1.54) is 0 Å². The first-order chi connectivity index (χ1) is 5.06. The number of nitrogens with two attached hydrogens (primary N) is 1. The molecule has 0 rings (SSSR count). The van der Waals surface area contributed by atoms with Crippen LogP contribution in [0.1, 0.15) is 33.1 Å². The van der Waals surface area contributed by atoms with Crippen LogP contribution in [0.15, 0.2) is 0 Å². The Morgan fingerprint density at radius 3 is 2.55 bits per heavy atom. The third kappa shape index (κ3) is 5.85. The molecule has 0 amide bonds. The molecule has 0 radical (unpaired) electrons. The van der Waals surface area contributed by atoms with Crippen LogP contribution in [0.25, 0.3) is 0 Å². The molecule has 0 fully saturated rings. The van der Waals surface area contributed by atoms with Crippen LogP contribution in [0, 0.1) is 5.92 Å². The van der Waals surface area contributed by atoms with E-state index in [1.807, 2.05) is 13.8 Å². The lowest BCUT2D eigenvalue weighted by atomic mass is 9.98. The average Bonchev–Trinajstić information content (AvgIpc) is 1.85. The molecule has 2 atom stereocenters. The van der Waals surface area contributed by atoms with Crippen molar-refractivity contribution in [1.29, 1.82) is 0 Å². The zero-order valence-electron chi connectivity index (χ0n) is 7.21. The Bertz CT molecular complexity index is 125. The maximum atomic E-state index is 10.2. The van der Waals surface area contributed by atoms with Crippen LogP contribution in [-0.2, 0) is 4.79 Å². The molecule has 3 nitrogen and oxygen atoms in total. The molecular formula is C8H17NO2. The summed E-state index contributed by atoms with van der Waals surface area (Å²) in [5.74, 6) is -0.539. The minimum Gasteiger partial charge on any atom is -0.481 e. The highest BCUT2D eigenvalue weighted by Gasteiger charge is 2.10. The molecule has 0 aromatic carbocycles. The number of carbonyl (C=O) groups is 1. The second kappa shape index (κ2) is 5.13. The zero-order valence-corrected chi connectivity index (χ0v) is 7.21. The SMILES string of the molecule is CC[C@H](N)C[C@H](C)CC(=O)O. The van der Waals surface area contributed by atoms with Gasteiger partial charge in [-0.05, 0) is 18.8 Å². The van der Waals surface area contributed by atoms with Crippen LogP contribution in [-0.4, -0.2) is 17.1 Å². The summed E-state index contributed by atoms with van der Waals surface area (Å²) in [7, 11) is 0. The normalized spacial score (nSPS) is 15.9. The first-order valence-electron chi connectivity index (χ1n) is 4.03. The number of hydrogen-bond acceptors (Lipinski definition) is 2. The lowest BCUT2D eigenvalue weighted by Crippen LogP contribution is -2.22. The fourth-order valence-electron chi connectivity index (χ4n) is 1.06. The third-order valence-corrected chi connectivity index (χ3v) is 1.75. The summed E-state index contributed by atoms with van der Waals surface area (Å²) < 4.78 is 0. The van der Waals surface area contributed by atoms with Crippen molar-refractivity contribution in [3.8, 4) is 0 Å². The van der Waals surface area contributed by atoms with E-state index in [0.29, 0.717) is 0 Å². The quantitative estimate of drug-likeness (QED) is 0.634. The van der Waals surface area contributed by atoms with Gasteiger partial charge in [0.1, 0.15) is 0 Å². The molecule has 0 aromatic rings. The van der Waals surface area contributed by atoms with Gasteiger partial charge in [-0.1, -0.05) is 13.8 Å². The van der Waals surface area contributed by atoms with Gasteiger partial charge in [-0.25, -0.2) is 0 Å². The van der Waals surface area contributed by atoms with Crippen molar-refractivity contribution in [2.75, 3.05) is 0 Å². The predicted molar refractivity (Wildman–Crippen MR) is 44.3 cm³/mol. The van der Waals surface area contributed by atoms with Crippen molar-refractivity contribution < 1.29 is 9.90 Å². The summed E-state index contributed by atoms with van der Waals surface area (Å²) >= 11 is 0. The Morgan fingerprint density at radius 2 is 2.18 bits per heavy atom. The van der Waals surface area contributed by atoms with Gasteiger partial charge in [0.25, 0.3) is 0 Å². The fourth-order valence-corrected chi connectivity index (χ4v) is 1.06. The molecular weight excluding hydrogens is 142 g/mol. The van der Waals surface area contributed by atoms with Crippen molar-refractivity contribution in [2.45, 2.75) is 39.2 Å². The molecule has 66 valence electrons. The van der Waals surface area contributed by atoms with Gasteiger partial charge in [-0.2, -0.15) is 0 Å². The monoisotopic (exact) mass is 159 g/mol. The number of carboxylic acids is 1. The smallest absolute Gasteiger partial charge is 0.303 e. The van der Waals surface area contributed by atoms with E-state index in [9.17, 15) is 4.79 Å². The van der Waals surface area contributed by atoms with Gasteiger partial charge in [0.15, 0.2) is 0 Å². The number of rotatable bonds is 5. The predicted octanol–water partition coefficient (Wildman–Crippen LogP) is 1.22. The summed E-state index contributed by atoms with van der Waals surface area (Å²) in [5.41, 5.74) is 5.66. The van der Waals surface area contributed by atoms with Gasteiger partial charge < -0.3 is 10.8 Å². The van der Waals surface area contributed by atoms with E-state index < -0.39 is 5.97 Å². The van der Waals surface area contributed by atoms with Gasteiger partial charge in [0, 0.05) is 12.5 Å². The molecule has 0 bridgehead atoms.